The summed E-state index contributed by atoms with van der Waals surface area (Å²) in [5.41, 5.74) is 11.7. The highest BCUT2D eigenvalue weighted by Gasteiger charge is 2.49. The van der Waals surface area contributed by atoms with E-state index in [2.05, 4.69) is 4.98 Å². The summed E-state index contributed by atoms with van der Waals surface area (Å²) in [4.78, 5) is 29.6. The zero-order chi connectivity index (χ0) is 17.3. The maximum atomic E-state index is 12.0. The number of hydrogen-bond acceptors (Lipinski definition) is 4. The number of rotatable bonds is 5. The van der Waals surface area contributed by atoms with E-state index < -0.39 is 11.3 Å². The van der Waals surface area contributed by atoms with E-state index in [0.717, 1.165) is 5.56 Å². The zero-order valence-electron chi connectivity index (χ0n) is 12.9. The van der Waals surface area contributed by atoms with Crippen LogP contribution in [0.1, 0.15) is 15.9 Å². The van der Waals surface area contributed by atoms with Gasteiger partial charge in [0.25, 0.3) is 5.91 Å². The van der Waals surface area contributed by atoms with E-state index in [1.807, 2.05) is 17.0 Å². The zero-order valence-corrected chi connectivity index (χ0v) is 13.7. The maximum Gasteiger partial charge on any atom is 0.252 e. The van der Waals surface area contributed by atoms with Crippen LogP contribution in [0.2, 0.25) is 5.02 Å². The van der Waals surface area contributed by atoms with E-state index in [1.54, 1.807) is 30.5 Å². The van der Waals surface area contributed by atoms with Gasteiger partial charge in [0, 0.05) is 24.3 Å². The molecule has 7 heteroatoms. The van der Waals surface area contributed by atoms with Crippen molar-refractivity contribution in [1.29, 1.82) is 0 Å². The van der Waals surface area contributed by atoms with Crippen LogP contribution in [0.25, 0.3) is 0 Å². The molecule has 2 amide bonds. The van der Waals surface area contributed by atoms with Crippen LogP contribution in [0.15, 0.2) is 42.6 Å². The molecule has 6 nitrogen and oxygen atoms in total. The smallest absolute Gasteiger partial charge is 0.252 e. The van der Waals surface area contributed by atoms with E-state index >= 15 is 0 Å². The maximum absolute atomic E-state index is 12.0. The van der Waals surface area contributed by atoms with Gasteiger partial charge in [-0.2, -0.15) is 0 Å². The fraction of sp³-hybridized carbons (Fsp3) is 0.235. The standard InChI is InChI=1S/C17H17ClN4O2/c18-12-5-3-11(4-6-12)8-17(16(20)24)9-22(10-17)15-13(14(19)23)2-1-7-21-15/h1-7H,8-10H2,(H2,19,23)(H2,20,24). The molecule has 1 fully saturated rings. The molecule has 2 heterocycles. The minimum atomic E-state index is -0.694. The lowest BCUT2D eigenvalue weighted by Crippen LogP contribution is -2.64. The van der Waals surface area contributed by atoms with Crippen molar-refractivity contribution in [3.8, 4) is 0 Å². The molecular formula is C17H17ClN4O2. The molecule has 0 radical (unpaired) electrons. The number of halogens is 1. The van der Waals surface area contributed by atoms with Gasteiger partial charge in [0.2, 0.25) is 5.91 Å². The molecule has 0 spiro atoms. The van der Waals surface area contributed by atoms with Crippen molar-refractivity contribution in [3.63, 3.8) is 0 Å². The fourth-order valence-electron chi connectivity index (χ4n) is 3.02. The van der Waals surface area contributed by atoms with Crippen molar-refractivity contribution in [2.24, 2.45) is 16.9 Å². The Morgan fingerprint density at radius 3 is 2.42 bits per heavy atom. The van der Waals surface area contributed by atoms with Crippen LogP contribution in [0.5, 0.6) is 0 Å². The second-order valence-electron chi connectivity index (χ2n) is 6.04. The number of primary amides is 2. The number of anilines is 1. The van der Waals surface area contributed by atoms with Crippen molar-refractivity contribution in [2.45, 2.75) is 6.42 Å². The highest BCUT2D eigenvalue weighted by molar-refractivity contribution is 6.30. The number of benzene rings is 1. The average Bonchev–Trinajstić information content (AvgIpc) is 2.52. The number of amides is 2. The summed E-state index contributed by atoms with van der Waals surface area (Å²) in [6.07, 6.45) is 2.10. The van der Waals surface area contributed by atoms with Crippen LogP contribution in [-0.2, 0) is 11.2 Å². The normalized spacial score (nSPS) is 15.6. The summed E-state index contributed by atoms with van der Waals surface area (Å²) < 4.78 is 0. The van der Waals surface area contributed by atoms with Crippen LogP contribution in [0, 0.1) is 5.41 Å². The van der Waals surface area contributed by atoms with E-state index in [-0.39, 0.29) is 5.91 Å². The first-order chi connectivity index (χ1) is 11.4. The molecule has 4 N–H and O–H groups in total. The average molecular weight is 345 g/mol. The Morgan fingerprint density at radius 1 is 1.17 bits per heavy atom. The number of hydrogen-bond donors (Lipinski definition) is 2. The summed E-state index contributed by atoms with van der Waals surface area (Å²) in [7, 11) is 0. The van der Waals surface area contributed by atoms with Crippen LogP contribution in [0.4, 0.5) is 5.82 Å². The molecule has 0 unspecified atom stereocenters. The second kappa shape index (κ2) is 6.13. The van der Waals surface area contributed by atoms with E-state index in [4.69, 9.17) is 23.1 Å². The Labute approximate surface area is 144 Å². The van der Waals surface area contributed by atoms with E-state index in [1.165, 1.54) is 0 Å². The van der Waals surface area contributed by atoms with Gasteiger partial charge >= 0.3 is 0 Å². The third kappa shape index (κ3) is 2.92. The fourth-order valence-corrected chi connectivity index (χ4v) is 3.15. The van der Waals surface area contributed by atoms with Gasteiger partial charge in [-0.1, -0.05) is 23.7 Å². The third-order valence-corrected chi connectivity index (χ3v) is 4.57. The molecule has 1 saturated heterocycles. The van der Waals surface area contributed by atoms with E-state index in [0.29, 0.717) is 35.9 Å². The van der Waals surface area contributed by atoms with Gasteiger partial charge in [-0.15, -0.1) is 0 Å². The summed E-state index contributed by atoms with van der Waals surface area (Å²) in [5.74, 6) is -0.435. The predicted octanol–water partition coefficient (Wildman–Crippen LogP) is 1.37. The Kier molecular flexibility index (Phi) is 4.15. The predicted molar refractivity (Wildman–Crippen MR) is 91.8 cm³/mol. The van der Waals surface area contributed by atoms with E-state index in [9.17, 15) is 9.59 Å². The van der Waals surface area contributed by atoms with Gasteiger partial charge in [-0.05, 0) is 36.2 Å². The number of carbonyl (C=O) groups excluding carboxylic acids is 2. The molecule has 2 aromatic rings. The first-order valence-corrected chi connectivity index (χ1v) is 7.83. The van der Waals surface area contributed by atoms with Crippen molar-refractivity contribution in [2.75, 3.05) is 18.0 Å². The lowest BCUT2D eigenvalue weighted by Gasteiger charge is -2.49. The first kappa shape index (κ1) is 16.3. The van der Waals surface area contributed by atoms with Gasteiger partial charge in [0.15, 0.2) is 0 Å². The summed E-state index contributed by atoms with van der Waals surface area (Å²) in [5, 5.41) is 0.640. The molecule has 1 aliphatic heterocycles. The molecular weight excluding hydrogens is 328 g/mol. The van der Waals surface area contributed by atoms with Crippen LogP contribution >= 0.6 is 11.6 Å². The number of carbonyl (C=O) groups is 2. The van der Waals surface area contributed by atoms with Crippen molar-refractivity contribution in [3.05, 3.63) is 58.7 Å². The Balaban J connectivity index is 1.81. The lowest BCUT2D eigenvalue weighted by atomic mass is 9.74. The van der Waals surface area contributed by atoms with Crippen LogP contribution in [0.3, 0.4) is 0 Å². The third-order valence-electron chi connectivity index (χ3n) is 4.32. The Morgan fingerprint density at radius 2 is 1.83 bits per heavy atom. The van der Waals surface area contributed by atoms with Gasteiger partial charge in [0.1, 0.15) is 5.82 Å². The highest BCUT2D eigenvalue weighted by Crippen LogP contribution is 2.37. The quantitative estimate of drug-likeness (QED) is 0.855. The van der Waals surface area contributed by atoms with Crippen molar-refractivity contribution >= 4 is 29.2 Å². The minimum Gasteiger partial charge on any atom is -0.369 e. The molecule has 124 valence electrons. The lowest BCUT2D eigenvalue weighted by molar-refractivity contribution is -0.129. The molecule has 1 aliphatic rings. The van der Waals surface area contributed by atoms with Gasteiger partial charge in [-0.25, -0.2) is 4.98 Å². The molecule has 0 bridgehead atoms. The molecule has 0 saturated carbocycles. The Bertz CT molecular complexity index is 785. The first-order valence-electron chi connectivity index (χ1n) is 7.45. The number of nitrogens with two attached hydrogens (primary N) is 2. The van der Waals surface area contributed by atoms with Crippen LogP contribution < -0.4 is 16.4 Å². The summed E-state index contributed by atoms with van der Waals surface area (Å²) in [6.45, 7) is 0.782. The number of nitrogens with zero attached hydrogens (tertiary/aromatic N) is 2. The number of pyridine rings is 1. The summed E-state index contributed by atoms with van der Waals surface area (Å²) >= 11 is 5.89. The SMILES string of the molecule is NC(=O)c1cccnc1N1CC(Cc2ccc(Cl)cc2)(C(N)=O)C1. The summed E-state index contributed by atoms with van der Waals surface area (Å²) in [6, 6.07) is 10.6. The largest absolute Gasteiger partial charge is 0.369 e. The highest BCUT2D eigenvalue weighted by atomic mass is 35.5. The van der Waals surface area contributed by atoms with Gasteiger partial charge in [-0.3, -0.25) is 9.59 Å². The van der Waals surface area contributed by atoms with Crippen molar-refractivity contribution in [1.82, 2.24) is 4.98 Å². The monoisotopic (exact) mass is 344 g/mol. The van der Waals surface area contributed by atoms with Gasteiger partial charge < -0.3 is 16.4 Å². The second-order valence-corrected chi connectivity index (χ2v) is 6.48. The molecule has 1 aromatic heterocycles. The molecule has 24 heavy (non-hydrogen) atoms. The molecule has 0 atom stereocenters. The Hall–Kier alpha value is -2.60. The van der Waals surface area contributed by atoms with Gasteiger partial charge in [0.05, 0.1) is 11.0 Å². The molecule has 3 rings (SSSR count). The minimum absolute atomic E-state index is 0.335. The number of aromatic nitrogens is 1. The van der Waals surface area contributed by atoms with Crippen LogP contribution in [-0.4, -0.2) is 29.9 Å². The van der Waals surface area contributed by atoms with Crippen molar-refractivity contribution < 1.29 is 9.59 Å². The molecule has 1 aromatic carbocycles. The topological polar surface area (TPSA) is 102 Å². The molecule has 0 aliphatic carbocycles.